The Morgan fingerprint density at radius 3 is 2.50 bits per heavy atom. The Morgan fingerprint density at radius 1 is 1.40 bits per heavy atom. The fraction of sp³-hybridized carbons (Fsp3) is 0.500. The fourth-order valence-electron chi connectivity index (χ4n) is 2.29. The largest absolute Gasteiger partial charge is 0.419 e. The van der Waals surface area contributed by atoms with Crippen molar-refractivity contribution in [2.45, 2.75) is 19.0 Å². The van der Waals surface area contributed by atoms with Crippen molar-refractivity contribution >= 4 is 27.6 Å². The second kappa shape index (κ2) is 5.59. The van der Waals surface area contributed by atoms with Crippen molar-refractivity contribution in [2.24, 2.45) is 11.7 Å². The molecule has 2 rings (SSSR count). The van der Waals surface area contributed by atoms with Gasteiger partial charge in [-0.05, 0) is 34.8 Å². The van der Waals surface area contributed by atoms with Gasteiger partial charge in [0.15, 0.2) is 0 Å². The second-order valence-corrected chi connectivity index (χ2v) is 5.65. The molecule has 0 spiro atoms. The van der Waals surface area contributed by atoms with Crippen LogP contribution < -0.4 is 10.6 Å². The Morgan fingerprint density at radius 2 is 2.00 bits per heavy atom. The van der Waals surface area contributed by atoms with Gasteiger partial charge in [0.2, 0.25) is 0 Å². The highest BCUT2D eigenvalue weighted by Gasteiger charge is 2.37. The summed E-state index contributed by atoms with van der Waals surface area (Å²) in [6, 6.07) is 1.04. The molecular formula is C12H14BrF3N4. The number of pyridine rings is 1. The van der Waals surface area contributed by atoms with Crippen LogP contribution in [-0.2, 0) is 6.18 Å². The number of aromatic nitrogens is 1. The molecule has 0 bridgehead atoms. The Balaban J connectivity index is 2.24. The van der Waals surface area contributed by atoms with E-state index in [1.807, 2.05) is 0 Å². The molecule has 110 valence electrons. The maximum atomic E-state index is 13.0. The molecular weight excluding hydrogens is 337 g/mol. The van der Waals surface area contributed by atoms with Gasteiger partial charge in [0.05, 0.1) is 11.4 Å². The van der Waals surface area contributed by atoms with Gasteiger partial charge < -0.3 is 10.6 Å². The summed E-state index contributed by atoms with van der Waals surface area (Å²) in [5.74, 6) is 0.00296. The van der Waals surface area contributed by atoms with Gasteiger partial charge in [0.1, 0.15) is 5.82 Å². The van der Waals surface area contributed by atoms with E-state index in [-0.39, 0.29) is 17.6 Å². The number of nitrogens with two attached hydrogens (primary N) is 1. The lowest BCUT2D eigenvalue weighted by molar-refractivity contribution is -0.137. The number of piperidine rings is 1. The molecule has 0 radical (unpaired) electrons. The van der Waals surface area contributed by atoms with Crippen molar-refractivity contribution in [2.75, 3.05) is 18.0 Å². The van der Waals surface area contributed by atoms with Gasteiger partial charge in [-0.25, -0.2) is 4.98 Å². The van der Waals surface area contributed by atoms with Gasteiger partial charge >= 0.3 is 6.18 Å². The van der Waals surface area contributed by atoms with E-state index in [0.717, 1.165) is 6.07 Å². The fourth-order valence-corrected chi connectivity index (χ4v) is 2.63. The summed E-state index contributed by atoms with van der Waals surface area (Å²) in [6.07, 6.45) is -1.93. The molecule has 8 heteroatoms. The number of rotatable bonds is 2. The molecule has 1 aliphatic rings. The molecule has 4 nitrogen and oxygen atoms in total. The Bertz CT molecular complexity index is 510. The van der Waals surface area contributed by atoms with E-state index in [1.165, 1.54) is 6.20 Å². The minimum absolute atomic E-state index is 0.0453. The van der Waals surface area contributed by atoms with Crippen molar-refractivity contribution in [3.63, 3.8) is 0 Å². The van der Waals surface area contributed by atoms with Crippen LogP contribution in [0, 0.1) is 11.3 Å². The van der Waals surface area contributed by atoms with Crippen molar-refractivity contribution in [3.8, 4) is 0 Å². The van der Waals surface area contributed by atoms with Crippen LogP contribution in [0.5, 0.6) is 0 Å². The number of amidine groups is 1. The van der Waals surface area contributed by atoms with Gasteiger partial charge in [-0.2, -0.15) is 13.2 Å². The van der Waals surface area contributed by atoms with E-state index in [2.05, 4.69) is 20.9 Å². The van der Waals surface area contributed by atoms with E-state index >= 15 is 0 Å². The summed E-state index contributed by atoms with van der Waals surface area (Å²) < 4.78 is 39.4. The van der Waals surface area contributed by atoms with Crippen LogP contribution in [0.2, 0.25) is 0 Å². The molecule has 0 aliphatic carbocycles. The molecule has 0 amide bonds. The molecule has 1 aromatic heterocycles. The Kier molecular flexibility index (Phi) is 4.22. The van der Waals surface area contributed by atoms with Crippen molar-refractivity contribution in [3.05, 3.63) is 22.3 Å². The van der Waals surface area contributed by atoms with Gasteiger partial charge in [-0.1, -0.05) is 0 Å². The van der Waals surface area contributed by atoms with Crippen LogP contribution in [0.3, 0.4) is 0 Å². The minimum Gasteiger partial charge on any atom is -0.387 e. The second-order valence-electron chi connectivity index (χ2n) is 4.74. The van der Waals surface area contributed by atoms with E-state index in [9.17, 15) is 13.2 Å². The highest BCUT2D eigenvalue weighted by molar-refractivity contribution is 9.10. The van der Waals surface area contributed by atoms with E-state index in [0.29, 0.717) is 30.4 Å². The Hall–Kier alpha value is -1.31. The van der Waals surface area contributed by atoms with Gasteiger partial charge in [0, 0.05) is 29.7 Å². The molecule has 0 atom stereocenters. The third-order valence-electron chi connectivity index (χ3n) is 3.37. The summed E-state index contributed by atoms with van der Waals surface area (Å²) in [5.41, 5.74) is 4.69. The standard InChI is InChI=1S/C12H14BrF3N4/c13-8-5-9(12(14,15)16)11(19-6-8)20-3-1-7(2-4-20)10(17)18/h5-7H,1-4H2,(H3,17,18). The summed E-state index contributed by atoms with van der Waals surface area (Å²) in [4.78, 5) is 5.52. The number of alkyl halides is 3. The quantitative estimate of drug-likeness (QED) is 0.636. The maximum absolute atomic E-state index is 13.0. The monoisotopic (exact) mass is 350 g/mol. The first-order valence-electron chi connectivity index (χ1n) is 6.10. The molecule has 1 aromatic rings. The number of halogens is 4. The summed E-state index contributed by atoms with van der Waals surface area (Å²) in [5, 5.41) is 7.39. The smallest absolute Gasteiger partial charge is 0.387 e. The van der Waals surface area contributed by atoms with Gasteiger partial charge in [-0.3, -0.25) is 5.41 Å². The molecule has 3 N–H and O–H groups in total. The highest BCUT2D eigenvalue weighted by Crippen LogP contribution is 2.37. The molecule has 0 unspecified atom stereocenters. The van der Waals surface area contributed by atoms with Crippen LogP contribution in [-0.4, -0.2) is 23.9 Å². The third-order valence-corrected chi connectivity index (χ3v) is 3.81. The molecule has 1 saturated heterocycles. The SMILES string of the molecule is N=C(N)C1CCN(c2ncc(Br)cc2C(F)(F)F)CC1. The van der Waals surface area contributed by atoms with Crippen LogP contribution in [0.1, 0.15) is 18.4 Å². The predicted molar refractivity (Wildman–Crippen MR) is 73.8 cm³/mol. The number of anilines is 1. The molecule has 0 saturated carbocycles. The van der Waals surface area contributed by atoms with Gasteiger partial charge in [0.25, 0.3) is 0 Å². The average molecular weight is 351 g/mol. The van der Waals surface area contributed by atoms with Crippen LogP contribution in [0.4, 0.5) is 19.0 Å². The number of nitrogens with zero attached hydrogens (tertiary/aromatic N) is 2. The minimum atomic E-state index is -4.44. The van der Waals surface area contributed by atoms with Crippen molar-refractivity contribution in [1.29, 1.82) is 5.41 Å². The normalized spacial score (nSPS) is 17.3. The lowest BCUT2D eigenvalue weighted by Gasteiger charge is -2.33. The summed E-state index contributed by atoms with van der Waals surface area (Å²) in [6.45, 7) is 0.837. The number of hydrogen-bond acceptors (Lipinski definition) is 3. The highest BCUT2D eigenvalue weighted by atomic mass is 79.9. The molecule has 1 aliphatic heterocycles. The Labute approximate surface area is 122 Å². The van der Waals surface area contributed by atoms with Crippen molar-refractivity contribution in [1.82, 2.24) is 4.98 Å². The molecule has 1 fully saturated rings. The predicted octanol–water partition coefficient (Wildman–Crippen LogP) is 3.02. The van der Waals surface area contributed by atoms with E-state index in [1.54, 1.807) is 4.90 Å². The zero-order valence-corrected chi connectivity index (χ0v) is 12.1. The zero-order chi connectivity index (χ0) is 14.9. The number of nitrogens with one attached hydrogen (secondary N) is 1. The first-order valence-corrected chi connectivity index (χ1v) is 6.90. The molecule has 20 heavy (non-hydrogen) atoms. The third kappa shape index (κ3) is 3.23. The first-order chi connectivity index (χ1) is 9.29. The lowest BCUT2D eigenvalue weighted by atomic mass is 9.95. The van der Waals surface area contributed by atoms with Crippen LogP contribution in [0.15, 0.2) is 16.7 Å². The maximum Gasteiger partial charge on any atom is 0.419 e. The lowest BCUT2D eigenvalue weighted by Crippen LogP contribution is -2.39. The number of hydrogen-bond donors (Lipinski definition) is 2. The van der Waals surface area contributed by atoms with Crippen LogP contribution in [0.25, 0.3) is 0 Å². The van der Waals surface area contributed by atoms with Crippen molar-refractivity contribution < 1.29 is 13.2 Å². The van der Waals surface area contributed by atoms with E-state index < -0.39 is 11.7 Å². The van der Waals surface area contributed by atoms with Crippen LogP contribution >= 0.6 is 15.9 Å². The molecule has 0 aromatic carbocycles. The average Bonchev–Trinajstić information content (AvgIpc) is 2.38. The van der Waals surface area contributed by atoms with E-state index in [4.69, 9.17) is 11.1 Å². The first kappa shape index (κ1) is 15.1. The topological polar surface area (TPSA) is 66.0 Å². The van der Waals surface area contributed by atoms with Gasteiger partial charge in [-0.15, -0.1) is 0 Å². The summed E-state index contributed by atoms with van der Waals surface area (Å²) in [7, 11) is 0. The summed E-state index contributed by atoms with van der Waals surface area (Å²) >= 11 is 3.02. The zero-order valence-electron chi connectivity index (χ0n) is 10.5. The molecule has 2 heterocycles.